The van der Waals surface area contributed by atoms with Crippen LogP contribution in [0.25, 0.3) is 0 Å². The molecule has 0 unspecified atom stereocenters. The predicted octanol–water partition coefficient (Wildman–Crippen LogP) is 2.81. The van der Waals surface area contributed by atoms with Gasteiger partial charge in [-0.2, -0.15) is 27.2 Å². The Morgan fingerprint density at radius 1 is 1.40 bits per heavy atom. The summed E-state index contributed by atoms with van der Waals surface area (Å²) in [6.45, 7) is -3.35. The van der Waals surface area contributed by atoms with Gasteiger partial charge in [0.15, 0.2) is 0 Å². The van der Waals surface area contributed by atoms with E-state index >= 15 is 0 Å². The van der Waals surface area contributed by atoms with E-state index in [1.165, 1.54) is 6.07 Å². The van der Waals surface area contributed by atoms with Crippen LogP contribution in [0.4, 0.5) is 22.0 Å². The highest BCUT2D eigenvalue weighted by Crippen LogP contribution is 2.37. The highest BCUT2D eigenvalue weighted by Gasteiger charge is 2.36. The van der Waals surface area contributed by atoms with E-state index in [4.69, 9.17) is 10.4 Å². The molecule has 0 amide bonds. The predicted molar refractivity (Wildman–Crippen MR) is 54.1 cm³/mol. The summed E-state index contributed by atoms with van der Waals surface area (Å²) in [7, 11) is 0. The van der Waals surface area contributed by atoms with Gasteiger partial charge in [0.2, 0.25) is 0 Å². The number of nitrogens with zero attached hydrogens (tertiary/aromatic N) is 1. The summed E-state index contributed by atoms with van der Waals surface area (Å²) in [5, 5.41) is 17.4. The van der Waals surface area contributed by atoms with Gasteiger partial charge < -0.3 is 9.84 Å². The number of hydrogen-bond donors (Lipinski definition) is 1. The van der Waals surface area contributed by atoms with E-state index in [1.807, 2.05) is 0 Å². The molecule has 1 aromatic rings. The SMILES string of the molecule is N#Cc1c(OC(F)F)ccc(C(F)(F)F)c1CC(=O)O. The number of rotatable bonds is 4. The third-order valence-electron chi connectivity index (χ3n) is 2.24. The van der Waals surface area contributed by atoms with E-state index in [1.54, 1.807) is 0 Å². The van der Waals surface area contributed by atoms with Gasteiger partial charge in [-0.3, -0.25) is 4.79 Å². The Labute approximate surface area is 109 Å². The highest BCUT2D eigenvalue weighted by atomic mass is 19.4. The topological polar surface area (TPSA) is 70.3 Å². The number of nitriles is 1. The number of halogens is 5. The maximum absolute atomic E-state index is 12.7. The van der Waals surface area contributed by atoms with E-state index in [2.05, 4.69) is 4.74 Å². The summed E-state index contributed by atoms with van der Waals surface area (Å²) in [6, 6.07) is 2.22. The van der Waals surface area contributed by atoms with Crippen LogP contribution in [0.3, 0.4) is 0 Å². The van der Waals surface area contributed by atoms with Crippen molar-refractivity contribution in [3.63, 3.8) is 0 Å². The van der Waals surface area contributed by atoms with Crippen molar-refractivity contribution in [2.24, 2.45) is 0 Å². The van der Waals surface area contributed by atoms with Crippen molar-refractivity contribution in [2.75, 3.05) is 0 Å². The molecular formula is C11H6F5NO3. The fourth-order valence-electron chi connectivity index (χ4n) is 1.54. The maximum Gasteiger partial charge on any atom is 0.416 e. The highest BCUT2D eigenvalue weighted by molar-refractivity contribution is 5.73. The zero-order valence-electron chi connectivity index (χ0n) is 9.54. The molecule has 0 atom stereocenters. The first kappa shape index (κ1) is 15.7. The van der Waals surface area contributed by atoms with Gasteiger partial charge >= 0.3 is 18.8 Å². The molecular weight excluding hydrogens is 289 g/mol. The van der Waals surface area contributed by atoms with Crippen LogP contribution < -0.4 is 4.74 Å². The first-order chi connectivity index (χ1) is 9.16. The lowest BCUT2D eigenvalue weighted by Crippen LogP contribution is -2.15. The van der Waals surface area contributed by atoms with E-state index in [0.717, 1.165) is 0 Å². The quantitative estimate of drug-likeness (QED) is 0.867. The van der Waals surface area contributed by atoms with Crippen LogP contribution in [0.1, 0.15) is 16.7 Å². The van der Waals surface area contributed by atoms with Gasteiger partial charge in [-0.15, -0.1) is 0 Å². The van der Waals surface area contributed by atoms with E-state index in [9.17, 15) is 26.7 Å². The van der Waals surface area contributed by atoms with Crippen LogP contribution in [0.5, 0.6) is 5.75 Å². The van der Waals surface area contributed by atoms with Crippen LogP contribution in [-0.2, 0) is 17.4 Å². The molecule has 20 heavy (non-hydrogen) atoms. The number of carbonyl (C=O) groups is 1. The molecule has 0 heterocycles. The number of aliphatic carboxylic acids is 1. The Kier molecular flexibility index (Phi) is 4.49. The average Bonchev–Trinajstić information content (AvgIpc) is 2.25. The lowest BCUT2D eigenvalue weighted by molar-refractivity contribution is -0.139. The average molecular weight is 295 g/mol. The Morgan fingerprint density at radius 3 is 2.40 bits per heavy atom. The van der Waals surface area contributed by atoms with Gasteiger partial charge in [-0.25, -0.2) is 0 Å². The Balaban J connectivity index is 3.51. The normalized spacial score (nSPS) is 11.2. The van der Waals surface area contributed by atoms with Gasteiger partial charge in [-0.05, 0) is 17.7 Å². The first-order valence-corrected chi connectivity index (χ1v) is 4.96. The summed E-state index contributed by atoms with van der Waals surface area (Å²) in [5.41, 5.74) is -3.16. The van der Waals surface area contributed by atoms with Crippen LogP contribution in [0.15, 0.2) is 12.1 Å². The molecule has 9 heteroatoms. The lowest BCUT2D eigenvalue weighted by atomic mass is 9.97. The smallest absolute Gasteiger partial charge is 0.416 e. The monoisotopic (exact) mass is 295 g/mol. The molecule has 108 valence electrons. The number of carboxylic acid groups (broad SMARTS) is 1. The zero-order valence-corrected chi connectivity index (χ0v) is 9.54. The van der Waals surface area contributed by atoms with Crippen molar-refractivity contribution in [1.82, 2.24) is 0 Å². The lowest BCUT2D eigenvalue weighted by Gasteiger charge is -2.15. The number of alkyl halides is 5. The molecule has 0 saturated heterocycles. The van der Waals surface area contributed by atoms with E-state index < -0.39 is 47.6 Å². The summed E-state index contributed by atoms with van der Waals surface area (Å²) >= 11 is 0. The summed E-state index contributed by atoms with van der Waals surface area (Å²) in [5.74, 6) is -2.44. The van der Waals surface area contributed by atoms with Crippen molar-refractivity contribution in [3.8, 4) is 11.8 Å². The minimum Gasteiger partial charge on any atom is -0.481 e. The Bertz CT molecular complexity index is 562. The zero-order chi connectivity index (χ0) is 15.5. The van der Waals surface area contributed by atoms with E-state index in [0.29, 0.717) is 12.1 Å². The standard InChI is InChI=1S/C11H6F5NO3/c12-10(13)20-8-2-1-7(11(14,15)16)5(3-9(18)19)6(8)4-17/h1-2,10H,3H2,(H,18,19). The molecule has 0 aliphatic rings. The molecule has 0 aromatic heterocycles. The molecule has 0 aliphatic carbocycles. The Hall–Kier alpha value is -2.37. The van der Waals surface area contributed by atoms with Gasteiger partial charge in [0.25, 0.3) is 0 Å². The molecule has 0 fully saturated rings. The fraction of sp³-hybridized carbons (Fsp3) is 0.273. The number of ether oxygens (including phenoxy) is 1. The molecule has 0 radical (unpaired) electrons. The third-order valence-corrected chi connectivity index (χ3v) is 2.24. The van der Waals surface area contributed by atoms with Crippen LogP contribution in [-0.4, -0.2) is 17.7 Å². The summed E-state index contributed by atoms with van der Waals surface area (Å²) < 4.78 is 66.3. The van der Waals surface area contributed by atoms with Crippen molar-refractivity contribution in [2.45, 2.75) is 19.2 Å². The van der Waals surface area contributed by atoms with Crippen LogP contribution in [0.2, 0.25) is 0 Å². The molecule has 1 aromatic carbocycles. The summed E-state index contributed by atoms with van der Waals surface area (Å²) in [4.78, 5) is 10.6. The van der Waals surface area contributed by atoms with Gasteiger partial charge in [0, 0.05) is 0 Å². The van der Waals surface area contributed by atoms with Crippen LogP contribution in [0, 0.1) is 11.3 Å². The second kappa shape index (κ2) is 5.73. The van der Waals surface area contributed by atoms with Gasteiger partial charge in [-0.1, -0.05) is 0 Å². The Morgan fingerprint density at radius 2 is 2.00 bits per heavy atom. The van der Waals surface area contributed by atoms with Crippen molar-refractivity contribution in [3.05, 3.63) is 28.8 Å². The largest absolute Gasteiger partial charge is 0.481 e. The fourth-order valence-corrected chi connectivity index (χ4v) is 1.54. The molecule has 4 nitrogen and oxygen atoms in total. The second-order valence-corrected chi connectivity index (χ2v) is 3.52. The van der Waals surface area contributed by atoms with Gasteiger partial charge in [0.1, 0.15) is 11.8 Å². The second-order valence-electron chi connectivity index (χ2n) is 3.52. The molecule has 0 saturated carbocycles. The number of benzene rings is 1. The molecule has 1 N–H and O–H groups in total. The third kappa shape index (κ3) is 3.57. The molecule has 0 bridgehead atoms. The van der Waals surface area contributed by atoms with Crippen molar-refractivity contribution in [1.29, 1.82) is 5.26 Å². The van der Waals surface area contributed by atoms with Crippen molar-refractivity contribution >= 4 is 5.97 Å². The maximum atomic E-state index is 12.7. The number of hydrogen-bond acceptors (Lipinski definition) is 3. The van der Waals surface area contributed by atoms with Gasteiger partial charge in [0.05, 0.1) is 17.5 Å². The first-order valence-electron chi connectivity index (χ1n) is 4.96. The molecule has 0 aliphatic heterocycles. The van der Waals surface area contributed by atoms with Crippen LogP contribution >= 0.6 is 0 Å². The number of carboxylic acids is 1. The minimum absolute atomic E-state index is 0.400. The molecule has 0 spiro atoms. The van der Waals surface area contributed by atoms with E-state index in [-0.39, 0.29) is 0 Å². The minimum atomic E-state index is -4.92. The molecule has 1 rings (SSSR count). The van der Waals surface area contributed by atoms with Crippen molar-refractivity contribution < 1.29 is 36.6 Å². The summed E-state index contributed by atoms with van der Waals surface area (Å²) in [6.07, 6.45) is -6.06.